The zero-order chi connectivity index (χ0) is 19.4. The Balaban J connectivity index is 1.67. The lowest BCUT2D eigenvalue weighted by atomic mass is 10.2. The van der Waals surface area contributed by atoms with E-state index in [2.05, 4.69) is 20.3 Å². The number of alkyl halides is 3. The van der Waals surface area contributed by atoms with E-state index < -0.39 is 11.9 Å². The highest BCUT2D eigenvalue weighted by Crippen LogP contribution is 2.32. The van der Waals surface area contributed by atoms with Crippen LogP contribution in [-0.4, -0.2) is 64.8 Å². The molecule has 0 spiro atoms. The number of hydrogen-bond donors (Lipinski definition) is 1. The topological polar surface area (TPSA) is 74.5 Å². The van der Waals surface area contributed by atoms with Gasteiger partial charge in [0.25, 0.3) is 0 Å². The fourth-order valence-corrected chi connectivity index (χ4v) is 3.09. The minimum atomic E-state index is -4.62. The molecule has 27 heavy (non-hydrogen) atoms. The maximum absolute atomic E-state index is 13.1. The van der Waals surface area contributed by atoms with Crippen LogP contribution < -0.4 is 5.43 Å². The number of nitrogens with zero attached hydrogens (tertiary/aromatic N) is 4. The average molecular weight is 401 g/mol. The van der Waals surface area contributed by atoms with Gasteiger partial charge in [-0.05, 0) is 25.2 Å². The van der Waals surface area contributed by atoms with E-state index in [-0.39, 0.29) is 28.3 Å². The molecule has 1 amide bonds. The van der Waals surface area contributed by atoms with Crippen molar-refractivity contribution in [2.45, 2.75) is 11.3 Å². The SMILES string of the molecule is CN1CCN(NC(=O)CSc2nc(-c3ccco3)cc(C(F)(F)F)n2)CC1. The van der Waals surface area contributed by atoms with Crippen molar-refractivity contribution in [3.8, 4) is 11.5 Å². The van der Waals surface area contributed by atoms with Gasteiger partial charge in [0.15, 0.2) is 10.9 Å². The van der Waals surface area contributed by atoms with Gasteiger partial charge >= 0.3 is 6.18 Å². The van der Waals surface area contributed by atoms with Gasteiger partial charge in [-0.15, -0.1) is 0 Å². The molecule has 1 saturated heterocycles. The minimum absolute atomic E-state index is 0.0179. The zero-order valence-electron chi connectivity index (χ0n) is 14.5. The van der Waals surface area contributed by atoms with Gasteiger partial charge in [0.2, 0.25) is 5.91 Å². The van der Waals surface area contributed by atoms with Crippen molar-refractivity contribution in [2.75, 3.05) is 39.0 Å². The summed E-state index contributed by atoms with van der Waals surface area (Å²) < 4.78 is 44.4. The largest absolute Gasteiger partial charge is 0.463 e. The summed E-state index contributed by atoms with van der Waals surface area (Å²) in [6.45, 7) is 3.04. The zero-order valence-corrected chi connectivity index (χ0v) is 15.3. The lowest BCUT2D eigenvalue weighted by Gasteiger charge is -2.32. The molecule has 0 radical (unpaired) electrons. The van der Waals surface area contributed by atoms with E-state index >= 15 is 0 Å². The summed E-state index contributed by atoms with van der Waals surface area (Å²) in [4.78, 5) is 21.8. The molecule has 11 heteroatoms. The number of hydrogen-bond acceptors (Lipinski definition) is 7. The van der Waals surface area contributed by atoms with Crippen LogP contribution in [0.5, 0.6) is 0 Å². The third kappa shape index (κ3) is 5.44. The normalized spacial score (nSPS) is 16.4. The van der Waals surface area contributed by atoms with E-state index in [1.165, 1.54) is 12.3 Å². The van der Waals surface area contributed by atoms with Gasteiger partial charge in [0, 0.05) is 26.2 Å². The Kier molecular flexibility index (Phi) is 6.02. The summed E-state index contributed by atoms with van der Waals surface area (Å²) in [6, 6.07) is 3.89. The highest BCUT2D eigenvalue weighted by molar-refractivity contribution is 7.99. The lowest BCUT2D eigenvalue weighted by Crippen LogP contribution is -2.52. The molecule has 1 N–H and O–H groups in total. The molecule has 3 heterocycles. The van der Waals surface area contributed by atoms with Gasteiger partial charge in [-0.25, -0.2) is 15.0 Å². The van der Waals surface area contributed by atoms with Crippen molar-refractivity contribution < 1.29 is 22.4 Å². The lowest BCUT2D eigenvalue weighted by molar-refractivity contribution is -0.141. The Hall–Kier alpha value is -2.11. The molecular formula is C16H18F3N5O2S. The van der Waals surface area contributed by atoms with Gasteiger partial charge in [-0.3, -0.25) is 10.2 Å². The Morgan fingerprint density at radius 3 is 2.67 bits per heavy atom. The standard InChI is InChI=1S/C16H18F3N5O2S/c1-23-4-6-24(7-5-23)22-14(25)10-27-15-20-11(12-3-2-8-26-12)9-13(21-15)16(17,18)19/h2-3,8-9H,4-7,10H2,1H3,(H,22,25). The number of aromatic nitrogens is 2. The summed E-state index contributed by atoms with van der Waals surface area (Å²) in [5.74, 6) is -0.206. The number of thioether (sulfide) groups is 1. The molecule has 0 unspecified atom stereocenters. The van der Waals surface area contributed by atoms with Crippen LogP contribution in [0.15, 0.2) is 34.0 Å². The van der Waals surface area contributed by atoms with Crippen molar-refractivity contribution >= 4 is 17.7 Å². The van der Waals surface area contributed by atoms with Gasteiger partial charge < -0.3 is 9.32 Å². The second-order valence-corrected chi connectivity index (χ2v) is 6.95. The van der Waals surface area contributed by atoms with Crippen LogP contribution in [-0.2, 0) is 11.0 Å². The van der Waals surface area contributed by atoms with Crippen molar-refractivity contribution in [2.24, 2.45) is 0 Å². The molecule has 0 bridgehead atoms. The number of carbonyl (C=O) groups excluding carboxylic acids is 1. The molecule has 7 nitrogen and oxygen atoms in total. The second kappa shape index (κ2) is 8.28. The maximum Gasteiger partial charge on any atom is 0.433 e. The first-order valence-electron chi connectivity index (χ1n) is 8.17. The second-order valence-electron chi connectivity index (χ2n) is 6.01. The molecule has 1 aliphatic rings. The maximum atomic E-state index is 13.1. The highest BCUT2D eigenvalue weighted by Gasteiger charge is 2.34. The fourth-order valence-electron chi connectivity index (χ4n) is 2.44. The van der Waals surface area contributed by atoms with Gasteiger partial charge in [-0.1, -0.05) is 11.8 Å². The molecular weight excluding hydrogens is 383 g/mol. The van der Waals surface area contributed by atoms with Gasteiger partial charge in [0.1, 0.15) is 11.4 Å². The number of piperazine rings is 1. The highest BCUT2D eigenvalue weighted by atomic mass is 32.2. The van der Waals surface area contributed by atoms with E-state index in [0.717, 1.165) is 30.9 Å². The van der Waals surface area contributed by atoms with E-state index in [9.17, 15) is 18.0 Å². The van der Waals surface area contributed by atoms with Crippen molar-refractivity contribution in [1.29, 1.82) is 0 Å². The third-order valence-electron chi connectivity index (χ3n) is 3.89. The number of halogens is 3. The van der Waals surface area contributed by atoms with Crippen LogP contribution in [0, 0.1) is 0 Å². The summed E-state index contributed by atoms with van der Waals surface area (Å²) in [5, 5.41) is 1.66. The predicted molar refractivity (Wildman–Crippen MR) is 92.7 cm³/mol. The monoisotopic (exact) mass is 401 g/mol. The van der Waals surface area contributed by atoms with Crippen molar-refractivity contribution in [1.82, 2.24) is 25.3 Å². The van der Waals surface area contributed by atoms with Gasteiger partial charge in [-0.2, -0.15) is 13.2 Å². The number of hydrazine groups is 1. The molecule has 146 valence electrons. The average Bonchev–Trinajstić information content (AvgIpc) is 3.16. The summed E-state index contributed by atoms with van der Waals surface area (Å²) in [7, 11) is 2.00. The fraction of sp³-hybridized carbons (Fsp3) is 0.438. The first-order valence-corrected chi connectivity index (χ1v) is 9.16. The number of amides is 1. The Morgan fingerprint density at radius 2 is 2.04 bits per heavy atom. The van der Waals surface area contributed by atoms with Crippen LogP contribution >= 0.6 is 11.8 Å². The van der Waals surface area contributed by atoms with Crippen LogP contribution in [0.2, 0.25) is 0 Å². The molecule has 0 atom stereocenters. The Bertz CT molecular complexity index is 777. The first-order chi connectivity index (χ1) is 12.8. The van der Waals surface area contributed by atoms with Crippen LogP contribution in [0.3, 0.4) is 0 Å². The molecule has 0 aliphatic carbocycles. The molecule has 1 fully saturated rings. The van der Waals surface area contributed by atoms with E-state index in [0.29, 0.717) is 13.1 Å². The number of likely N-dealkylation sites (N-methyl/N-ethyl adjacent to an activating group) is 1. The molecule has 1 aliphatic heterocycles. The van der Waals surface area contributed by atoms with E-state index in [1.54, 1.807) is 11.1 Å². The number of rotatable bonds is 5. The van der Waals surface area contributed by atoms with E-state index in [4.69, 9.17) is 4.42 Å². The summed E-state index contributed by atoms with van der Waals surface area (Å²) >= 11 is 0.846. The van der Waals surface area contributed by atoms with Crippen LogP contribution in [0.25, 0.3) is 11.5 Å². The molecule has 2 aromatic heterocycles. The molecule has 3 rings (SSSR count). The van der Waals surface area contributed by atoms with Crippen LogP contribution in [0.1, 0.15) is 5.69 Å². The van der Waals surface area contributed by atoms with Gasteiger partial charge in [0.05, 0.1) is 12.0 Å². The van der Waals surface area contributed by atoms with Crippen LogP contribution in [0.4, 0.5) is 13.2 Å². The minimum Gasteiger partial charge on any atom is -0.463 e. The van der Waals surface area contributed by atoms with Crippen molar-refractivity contribution in [3.05, 3.63) is 30.2 Å². The number of carbonyl (C=O) groups is 1. The molecule has 0 saturated carbocycles. The quantitative estimate of drug-likeness (QED) is 0.608. The Morgan fingerprint density at radius 1 is 1.30 bits per heavy atom. The summed E-state index contributed by atoms with van der Waals surface area (Å²) in [6.07, 6.45) is -3.28. The predicted octanol–water partition coefficient (Wildman–Crippen LogP) is 2.13. The van der Waals surface area contributed by atoms with E-state index in [1.807, 2.05) is 7.05 Å². The third-order valence-corrected chi connectivity index (χ3v) is 4.74. The number of furan rings is 1. The molecule has 2 aromatic rings. The number of nitrogens with one attached hydrogen (secondary N) is 1. The smallest absolute Gasteiger partial charge is 0.433 e. The Labute approximate surface area is 157 Å². The molecule has 0 aromatic carbocycles. The van der Waals surface area contributed by atoms with Crippen molar-refractivity contribution in [3.63, 3.8) is 0 Å². The summed E-state index contributed by atoms with van der Waals surface area (Å²) in [5.41, 5.74) is 1.69. The first kappa shape index (κ1) is 19.6.